The number of nitrogens with zero attached hydrogens (tertiary/aromatic N) is 3. The Morgan fingerprint density at radius 3 is 3.00 bits per heavy atom. The minimum Gasteiger partial charge on any atom is -0.324 e. The second-order valence-corrected chi connectivity index (χ2v) is 4.66. The van der Waals surface area contributed by atoms with Gasteiger partial charge in [-0.1, -0.05) is 17.7 Å². The van der Waals surface area contributed by atoms with Gasteiger partial charge in [-0.25, -0.2) is 9.37 Å². The van der Waals surface area contributed by atoms with Crippen molar-refractivity contribution in [2.24, 2.45) is 0 Å². The highest BCUT2D eigenvalue weighted by Crippen LogP contribution is 2.38. The van der Waals surface area contributed by atoms with Gasteiger partial charge in [0.15, 0.2) is 5.82 Å². The van der Waals surface area contributed by atoms with E-state index in [4.69, 9.17) is 16.9 Å². The Balaban J connectivity index is 2.12. The van der Waals surface area contributed by atoms with Crippen LogP contribution in [0.2, 0.25) is 5.02 Å². The van der Waals surface area contributed by atoms with Crippen molar-refractivity contribution in [1.29, 1.82) is 5.26 Å². The zero-order valence-electron chi connectivity index (χ0n) is 9.90. The van der Waals surface area contributed by atoms with E-state index in [2.05, 4.69) is 4.98 Å². The molecule has 0 saturated heterocycles. The van der Waals surface area contributed by atoms with Crippen LogP contribution in [0.4, 0.5) is 15.9 Å². The van der Waals surface area contributed by atoms with E-state index in [9.17, 15) is 4.39 Å². The van der Waals surface area contributed by atoms with Crippen LogP contribution in [0.1, 0.15) is 11.1 Å². The van der Waals surface area contributed by atoms with E-state index < -0.39 is 0 Å². The van der Waals surface area contributed by atoms with Crippen molar-refractivity contribution < 1.29 is 4.39 Å². The maximum absolute atomic E-state index is 13.4. The molecule has 1 aliphatic rings. The molecule has 0 saturated carbocycles. The van der Waals surface area contributed by atoms with Crippen molar-refractivity contribution in [3.63, 3.8) is 0 Å². The van der Waals surface area contributed by atoms with E-state index in [1.165, 1.54) is 18.3 Å². The van der Waals surface area contributed by atoms with E-state index >= 15 is 0 Å². The summed E-state index contributed by atoms with van der Waals surface area (Å²) in [6, 6.07) is 8.28. The van der Waals surface area contributed by atoms with Crippen molar-refractivity contribution in [2.45, 2.75) is 6.42 Å². The molecule has 0 unspecified atom stereocenters. The van der Waals surface area contributed by atoms with Gasteiger partial charge in [0.2, 0.25) is 0 Å². The Morgan fingerprint density at radius 1 is 1.37 bits per heavy atom. The molecule has 0 atom stereocenters. The molecule has 0 bridgehead atoms. The van der Waals surface area contributed by atoms with Crippen molar-refractivity contribution in [3.05, 3.63) is 52.4 Å². The van der Waals surface area contributed by atoms with Crippen LogP contribution in [0.15, 0.2) is 30.5 Å². The molecule has 19 heavy (non-hydrogen) atoms. The van der Waals surface area contributed by atoms with Gasteiger partial charge in [-0.15, -0.1) is 0 Å². The summed E-state index contributed by atoms with van der Waals surface area (Å²) in [5, 5.41) is 9.29. The Bertz CT molecular complexity index is 694. The largest absolute Gasteiger partial charge is 0.324 e. The third-order valence-electron chi connectivity index (χ3n) is 3.19. The van der Waals surface area contributed by atoms with Crippen molar-refractivity contribution in [2.75, 3.05) is 11.4 Å². The number of hydrogen-bond donors (Lipinski definition) is 0. The molecule has 0 aliphatic carbocycles. The molecular weight excluding hydrogens is 265 g/mol. The number of rotatable bonds is 1. The van der Waals surface area contributed by atoms with Crippen LogP contribution in [-0.2, 0) is 6.42 Å². The summed E-state index contributed by atoms with van der Waals surface area (Å²) in [6.45, 7) is 0.681. The van der Waals surface area contributed by atoms with Gasteiger partial charge >= 0.3 is 0 Å². The number of fused-ring (bicyclic) bond motifs is 1. The smallest absolute Gasteiger partial charge is 0.153 e. The molecule has 0 spiro atoms. The third-order valence-corrected chi connectivity index (χ3v) is 3.56. The molecular formula is C14H9ClFN3. The predicted octanol–water partition coefficient (Wildman–Crippen LogP) is 3.44. The maximum Gasteiger partial charge on any atom is 0.153 e. The lowest BCUT2D eigenvalue weighted by atomic mass is 10.2. The Hall–Kier alpha value is -2.12. The summed E-state index contributed by atoms with van der Waals surface area (Å²) in [5.74, 6) is 0.211. The van der Waals surface area contributed by atoms with Crippen LogP contribution < -0.4 is 4.90 Å². The van der Waals surface area contributed by atoms with E-state index in [1.807, 2.05) is 11.0 Å². The van der Waals surface area contributed by atoms with Gasteiger partial charge in [-0.2, -0.15) is 5.26 Å². The maximum atomic E-state index is 13.4. The van der Waals surface area contributed by atoms with Gasteiger partial charge in [0, 0.05) is 18.4 Å². The molecule has 5 heteroatoms. The van der Waals surface area contributed by atoms with Gasteiger partial charge in [-0.05, 0) is 30.2 Å². The van der Waals surface area contributed by atoms with E-state index in [0.29, 0.717) is 22.9 Å². The molecule has 2 heterocycles. The molecule has 0 fully saturated rings. The van der Waals surface area contributed by atoms with Gasteiger partial charge in [0.25, 0.3) is 0 Å². The summed E-state index contributed by atoms with van der Waals surface area (Å²) in [7, 11) is 0. The number of anilines is 2. The SMILES string of the molecule is N#Cc1ccnc(N2CCc3ccc(F)cc32)c1Cl. The second-order valence-electron chi connectivity index (χ2n) is 4.28. The Morgan fingerprint density at radius 2 is 2.21 bits per heavy atom. The van der Waals surface area contributed by atoms with Crippen LogP contribution in [0.25, 0.3) is 0 Å². The minimum absolute atomic E-state index is 0.293. The fourth-order valence-electron chi connectivity index (χ4n) is 2.28. The first-order valence-corrected chi connectivity index (χ1v) is 6.19. The fourth-order valence-corrected chi connectivity index (χ4v) is 2.54. The first-order valence-electron chi connectivity index (χ1n) is 5.81. The number of aromatic nitrogens is 1. The van der Waals surface area contributed by atoms with Gasteiger partial charge in [-0.3, -0.25) is 0 Å². The summed E-state index contributed by atoms with van der Waals surface area (Å²) in [4.78, 5) is 6.07. The van der Waals surface area contributed by atoms with Crippen LogP contribution in [0.3, 0.4) is 0 Å². The molecule has 1 aliphatic heterocycles. The standard InChI is InChI=1S/C14H9ClFN3/c15-13-10(8-17)3-5-18-14(13)19-6-4-9-1-2-11(16)7-12(9)19/h1-3,5,7H,4,6H2. The number of halogens is 2. The molecule has 1 aromatic carbocycles. The average Bonchev–Trinajstić information content (AvgIpc) is 2.82. The highest BCUT2D eigenvalue weighted by Gasteiger charge is 2.24. The number of pyridine rings is 1. The lowest BCUT2D eigenvalue weighted by molar-refractivity contribution is 0.628. The average molecular weight is 274 g/mol. The second kappa shape index (κ2) is 4.52. The third kappa shape index (κ3) is 1.92. The molecule has 0 amide bonds. The highest BCUT2D eigenvalue weighted by molar-refractivity contribution is 6.34. The Kier molecular flexibility index (Phi) is 2.84. The molecule has 94 valence electrons. The summed E-state index contributed by atoms with van der Waals surface area (Å²) in [5.41, 5.74) is 2.20. The molecule has 3 nitrogen and oxygen atoms in total. The van der Waals surface area contributed by atoms with Crippen molar-refractivity contribution in [3.8, 4) is 6.07 Å². The first kappa shape index (κ1) is 11.9. The number of benzene rings is 1. The number of nitriles is 1. The lowest BCUT2D eigenvalue weighted by Gasteiger charge is -2.19. The molecule has 2 aromatic rings. The van der Waals surface area contributed by atoms with Crippen LogP contribution in [0, 0.1) is 17.1 Å². The number of hydrogen-bond acceptors (Lipinski definition) is 3. The summed E-state index contributed by atoms with van der Waals surface area (Å²) < 4.78 is 13.4. The molecule has 1 aromatic heterocycles. The fraction of sp³-hybridized carbons (Fsp3) is 0.143. The Labute approximate surface area is 114 Å². The molecule has 0 N–H and O–H groups in total. The highest BCUT2D eigenvalue weighted by atomic mass is 35.5. The zero-order chi connectivity index (χ0) is 13.4. The summed E-state index contributed by atoms with van der Waals surface area (Å²) >= 11 is 6.17. The van der Waals surface area contributed by atoms with Crippen molar-refractivity contribution in [1.82, 2.24) is 4.98 Å². The van der Waals surface area contributed by atoms with Gasteiger partial charge in [0.1, 0.15) is 16.9 Å². The minimum atomic E-state index is -0.293. The lowest BCUT2D eigenvalue weighted by Crippen LogP contribution is -2.15. The summed E-state index contributed by atoms with van der Waals surface area (Å²) in [6.07, 6.45) is 2.35. The van der Waals surface area contributed by atoms with E-state index in [1.54, 1.807) is 12.1 Å². The zero-order valence-corrected chi connectivity index (χ0v) is 10.7. The first-order chi connectivity index (χ1) is 9.20. The van der Waals surface area contributed by atoms with E-state index in [0.717, 1.165) is 17.7 Å². The monoisotopic (exact) mass is 273 g/mol. The van der Waals surface area contributed by atoms with Crippen LogP contribution in [0.5, 0.6) is 0 Å². The topological polar surface area (TPSA) is 39.9 Å². The predicted molar refractivity (Wildman–Crippen MR) is 71.1 cm³/mol. The quantitative estimate of drug-likeness (QED) is 0.799. The van der Waals surface area contributed by atoms with E-state index in [-0.39, 0.29) is 5.82 Å². The van der Waals surface area contributed by atoms with Crippen LogP contribution in [-0.4, -0.2) is 11.5 Å². The van der Waals surface area contributed by atoms with Crippen LogP contribution >= 0.6 is 11.6 Å². The normalized spacial score (nSPS) is 13.2. The molecule has 0 radical (unpaired) electrons. The molecule has 3 rings (SSSR count). The van der Waals surface area contributed by atoms with Gasteiger partial charge < -0.3 is 4.90 Å². The van der Waals surface area contributed by atoms with Gasteiger partial charge in [0.05, 0.1) is 5.56 Å². The van der Waals surface area contributed by atoms with Crippen molar-refractivity contribution >= 4 is 23.1 Å².